The lowest BCUT2D eigenvalue weighted by atomic mass is 10.1. The van der Waals surface area contributed by atoms with Gasteiger partial charge in [0.2, 0.25) is 0 Å². The van der Waals surface area contributed by atoms with Crippen molar-refractivity contribution in [1.82, 2.24) is 5.32 Å². The quantitative estimate of drug-likeness (QED) is 0.638. The highest BCUT2D eigenvalue weighted by atomic mass is 32.2. The molecule has 0 saturated heterocycles. The summed E-state index contributed by atoms with van der Waals surface area (Å²) >= 11 is 1.13. The Hall–Kier alpha value is -2.64. The maximum atomic E-state index is 12.9. The fraction of sp³-hybridized carbons (Fsp3) is 0.190. The number of rotatable bonds is 7. The van der Waals surface area contributed by atoms with Crippen LogP contribution in [-0.4, -0.2) is 27.9 Å². The van der Waals surface area contributed by atoms with E-state index in [0.29, 0.717) is 17.1 Å². The van der Waals surface area contributed by atoms with Crippen LogP contribution in [0, 0.1) is 6.92 Å². The lowest BCUT2D eigenvalue weighted by Gasteiger charge is -2.19. The number of carbonyl (C=O) groups excluding carboxylic acids is 1. The van der Waals surface area contributed by atoms with Crippen LogP contribution in [0.5, 0.6) is 0 Å². The number of anilines is 1. The molecular formula is C21H22N2O3S2. The molecule has 0 radical (unpaired) electrons. The zero-order chi connectivity index (χ0) is 20.1. The average molecular weight is 415 g/mol. The SMILES string of the molecule is Cc1cccc(N(C)S(=O)(=O)c2csc(C(=O)NCCc3ccccc3)c2)c1. The van der Waals surface area contributed by atoms with Crippen LogP contribution in [0.4, 0.5) is 5.69 Å². The van der Waals surface area contributed by atoms with Gasteiger partial charge in [0.05, 0.1) is 15.5 Å². The van der Waals surface area contributed by atoms with Crippen molar-refractivity contribution >= 4 is 33.0 Å². The van der Waals surface area contributed by atoms with E-state index in [2.05, 4.69) is 5.32 Å². The molecule has 0 atom stereocenters. The van der Waals surface area contributed by atoms with E-state index in [9.17, 15) is 13.2 Å². The third kappa shape index (κ3) is 4.61. The molecule has 3 aromatic rings. The summed E-state index contributed by atoms with van der Waals surface area (Å²) in [5.41, 5.74) is 2.69. The third-order valence-corrected chi connectivity index (χ3v) is 7.21. The molecule has 0 aliphatic heterocycles. The van der Waals surface area contributed by atoms with Gasteiger partial charge in [-0.3, -0.25) is 9.10 Å². The second-order valence-electron chi connectivity index (χ2n) is 6.45. The summed E-state index contributed by atoms with van der Waals surface area (Å²) in [5.74, 6) is -0.263. The number of nitrogens with zero attached hydrogens (tertiary/aromatic N) is 1. The molecule has 3 rings (SSSR count). The average Bonchev–Trinajstić information content (AvgIpc) is 3.19. The van der Waals surface area contributed by atoms with Gasteiger partial charge in [0.25, 0.3) is 15.9 Å². The minimum absolute atomic E-state index is 0.120. The number of benzene rings is 2. The standard InChI is InChI=1S/C21H22N2O3S2/c1-16-7-6-10-18(13-16)23(2)28(25,26)19-14-20(27-15-19)21(24)22-12-11-17-8-4-3-5-9-17/h3-10,13-15H,11-12H2,1-2H3,(H,22,24). The predicted molar refractivity (Wildman–Crippen MR) is 114 cm³/mol. The van der Waals surface area contributed by atoms with E-state index in [1.165, 1.54) is 22.8 Å². The molecule has 7 heteroatoms. The Balaban J connectivity index is 1.67. The van der Waals surface area contributed by atoms with Crippen molar-refractivity contribution in [1.29, 1.82) is 0 Å². The third-order valence-electron chi connectivity index (χ3n) is 4.36. The van der Waals surface area contributed by atoms with Gasteiger partial charge in [0.1, 0.15) is 0 Å². The van der Waals surface area contributed by atoms with E-state index in [1.54, 1.807) is 12.1 Å². The Morgan fingerprint density at radius 1 is 1.07 bits per heavy atom. The van der Waals surface area contributed by atoms with Crippen LogP contribution in [-0.2, 0) is 16.4 Å². The number of sulfonamides is 1. The Bertz CT molecular complexity index is 1060. The van der Waals surface area contributed by atoms with Gasteiger partial charge in [0.15, 0.2) is 0 Å². The fourth-order valence-electron chi connectivity index (χ4n) is 2.75. The van der Waals surface area contributed by atoms with E-state index in [1.807, 2.05) is 49.4 Å². The molecule has 0 unspecified atom stereocenters. The number of hydrogen-bond acceptors (Lipinski definition) is 4. The molecule has 1 amide bonds. The molecular weight excluding hydrogens is 392 g/mol. The van der Waals surface area contributed by atoms with Gasteiger partial charge >= 0.3 is 0 Å². The summed E-state index contributed by atoms with van der Waals surface area (Å²) in [6.45, 7) is 2.40. The zero-order valence-corrected chi connectivity index (χ0v) is 17.4. The molecule has 5 nitrogen and oxygen atoms in total. The lowest BCUT2D eigenvalue weighted by Crippen LogP contribution is -2.26. The van der Waals surface area contributed by atoms with E-state index < -0.39 is 10.0 Å². The van der Waals surface area contributed by atoms with E-state index in [-0.39, 0.29) is 10.8 Å². The van der Waals surface area contributed by atoms with Gasteiger partial charge in [-0.1, -0.05) is 42.5 Å². The molecule has 0 bridgehead atoms. The monoisotopic (exact) mass is 414 g/mol. The lowest BCUT2D eigenvalue weighted by molar-refractivity contribution is 0.0958. The van der Waals surface area contributed by atoms with Crippen molar-refractivity contribution < 1.29 is 13.2 Å². The normalized spacial score (nSPS) is 11.2. The smallest absolute Gasteiger partial charge is 0.264 e. The maximum Gasteiger partial charge on any atom is 0.264 e. The number of hydrogen-bond donors (Lipinski definition) is 1. The summed E-state index contributed by atoms with van der Waals surface area (Å²) in [6.07, 6.45) is 0.721. The fourth-order valence-corrected chi connectivity index (χ4v) is 5.11. The summed E-state index contributed by atoms with van der Waals surface area (Å²) in [4.78, 5) is 12.8. The molecule has 0 aliphatic rings. The van der Waals surface area contributed by atoms with Crippen molar-refractivity contribution in [3.8, 4) is 0 Å². The summed E-state index contributed by atoms with van der Waals surface area (Å²) in [5, 5.41) is 4.35. The molecule has 0 spiro atoms. The molecule has 1 aromatic heterocycles. The molecule has 2 aromatic carbocycles. The maximum absolute atomic E-state index is 12.9. The Labute approximate surface area is 169 Å². The first kappa shape index (κ1) is 20.1. The summed E-state index contributed by atoms with van der Waals surface area (Å²) in [6, 6.07) is 18.6. The Morgan fingerprint density at radius 3 is 2.54 bits per heavy atom. The number of nitrogens with one attached hydrogen (secondary N) is 1. The highest BCUT2D eigenvalue weighted by molar-refractivity contribution is 7.93. The number of thiophene rings is 1. The topological polar surface area (TPSA) is 66.5 Å². The highest BCUT2D eigenvalue weighted by Gasteiger charge is 2.24. The van der Waals surface area contributed by atoms with E-state index >= 15 is 0 Å². The van der Waals surface area contributed by atoms with Gasteiger partial charge in [-0.2, -0.15) is 0 Å². The first-order valence-electron chi connectivity index (χ1n) is 8.84. The molecule has 0 fully saturated rings. The van der Waals surface area contributed by atoms with Crippen LogP contribution in [0.1, 0.15) is 20.8 Å². The van der Waals surface area contributed by atoms with Crippen LogP contribution in [0.15, 0.2) is 70.9 Å². The molecule has 0 aliphatic carbocycles. The van der Waals surface area contributed by atoms with Crippen molar-refractivity contribution in [3.05, 3.63) is 82.0 Å². The molecule has 28 heavy (non-hydrogen) atoms. The van der Waals surface area contributed by atoms with Crippen LogP contribution >= 0.6 is 11.3 Å². The number of amides is 1. The number of carbonyl (C=O) groups is 1. The van der Waals surface area contributed by atoms with Gasteiger partial charge in [0, 0.05) is 19.0 Å². The van der Waals surface area contributed by atoms with Crippen LogP contribution in [0.25, 0.3) is 0 Å². The Kier molecular flexibility index (Phi) is 6.16. The summed E-state index contributed by atoms with van der Waals surface area (Å²) in [7, 11) is -2.21. The van der Waals surface area contributed by atoms with Crippen molar-refractivity contribution in [2.75, 3.05) is 17.9 Å². The van der Waals surface area contributed by atoms with Crippen molar-refractivity contribution in [2.24, 2.45) is 0 Å². The Morgan fingerprint density at radius 2 is 1.82 bits per heavy atom. The van der Waals surface area contributed by atoms with Crippen molar-refractivity contribution in [3.63, 3.8) is 0 Å². The largest absolute Gasteiger partial charge is 0.351 e. The van der Waals surface area contributed by atoms with E-state index in [0.717, 1.165) is 28.9 Å². The first-order valence-corrected chi connectivity index (χ1v) is 11.2. The van der Waals surface area contributed by atoms with Crippen LogP contribution < -0.4 is 9.62 Å². The van der Waals surface area contributed by atoms with Crippen LogP contribution in [0.3, 0.4) is 0 Å². The van der Waals surface area contributed by atoms with E-state index in [4.69, 9.17) is 0 Å². The first-order chi connectivity index (χ1) is 13.4. The molecule has 146 valence electrons. The predicted octanol–water partition coefficient (Wildman–Crippen LogP) is 3.85. The second kappa shape index (κ2) is 8.58. The molecule has 1 heterocycles. The minimum Gasteiger partial charge on any atom is -0.351 e. The van der Waals surface area contributed by atoms with Crippen LogP contribution in [0.2, 0.25) is 0 Å². The van der Waals surface area contributed by atoms with Crippen molar-refractivity contribution in [2.45, 2.75) is 18.2 Å². The minimum atomic E-state index is -3.72. The van der Waals surface area contributed by atoms with Gasteiger partial charge in [-0.25, -0.2) is 8.42 Å². The summed E-state index contributed by atoms with van der Waals surface area (Å²) < 4.78 is 27.0. The van der Waals surface area contributed by atoms with Gasteiger partial charge < -0.3 is 5.32 Å². The highest BCUT2D eigenvalue weighted by Crippen LogP contribution is 2.26. The molecule has 0 saturated carbocycles. The number of aryl methyl sites for hydroxylation is 1. The van der Waals surface area contributed by atoms with Gasteiger partial charge in [-0.05, 0) is 42.7 Å². The second-order valence-corrected chi connectivity index (χ2v) is 9.33. The molecule has 1 N–H and O–H groups in total. The zero-order valence-electron chi connectivity index (χ0n) is 15.8. The van der Waals surface area contributed by atoms with Gasteiger partial charge in [-0.15, -0.1) is 11.3 Å².